The SMILES string of the molecule is CC(C)N(C(=O)CSc1nnc(-c2cccs2)n1C1CC1)c1ccc(Nc2ccccc2)cc1. The molecule has 0 saturated heterocycles. The molecule has 2 heterocycles. The fraction of sp³-hybridized carbons (Fsp3) is 0.269. The molecule has 34 heavy (non-hydrogen) atoms. The normalized spacial score (nSPS) is 13.3. The summed E-state index contributed by atoms with van der Waals surface area (Å²) in [6, 6.07) is 22.7. The summed E-state index contributed by atoms with van der Waals surface area (Å²) in [7, 11) is 0. The van der Waals surface area contributed by atoms with E-state index in [4.69, 9.17) is 0 Å². The predicted octanol–water partition coefficient (Wildman–Crippen LogP) is 6.62. The van der Waals surface area contributed by atoms with Gasteiger partial charge in [-0.3, -0.25) is 9.36 Å². The van der Waals surface area contributed by atoms with Gasteiger partial charge in [0.25, 0.3) is 0 Å². The average Bonchev–Trinajstić information content (AvgIpc) is 3.35. The number of rotatable bonds is 9. The summed E-state index contributed by atoms with van der Waals surface area (Å²) in [5, 5.41) is 15.2. The van der Waals surface area contributed by atoms with Crippen molar-refractivity contribution in [3.8, 4) is 10.7 Å². The molecule has 4 aromatic rings. The number of anilines is 3. The number of hydrogen-bond donors (Lipinski definition) is 1. The summed E-state index contributed by atoms with van der Waals surface area (Å²) < 4.78 is 2.22. The van der Waals surface area contributed by atoms with Crippen LogP contribution in [0.1, 0.15) is 32.7 Å². The quantitative estimate of drug-likeness (QED) is 0.268. The first-order chi connectivity index (χ1) is 16.6. The maximum atomic E-state index is 13.3. The third-order valence-corrected chi connectivity index (χ3v) is 7.43. The number of carbonyl (C=O) groups excluding carboxylic acids is 1. The Morgan fingerprint density at radius 1 is 1.06 bits per heavy atom. The van der Waals surface area contributed by atoms with Gasteiger partial charge in [0.2, 0.25) is 5.91 Å². The van der Waals surface area contributed by atoms with Gasteiger partial charge in [-0.15, -0.1) is 21.5 Å². The Morgan fingerprint density at radius 2 is 1.79 bits per heavy atom. The molecule has 0 spiro atoms. The van der Waals surface area contributed by atoms with Crippen LogP contribution in [0, 0.1) is 0 Å². The van der Waals surface area contributed by atoms with E-state index in [1.165, 1.54) is 11.8 Å². The molecule has 5 rings (SSSR count). The fourth-order valence-corrected chi connectivity index (χ4v) is 5.50. The second kappa shape index (κ2) is 10.0. The molecule has 174 valence electrons. The van der Waals surface area contributed by atoms with E-state index in [0.717, 1.165) is 45.8 Å². The van der Waals surface area contributed by atoms with E-state index >= 15 is 0 Å². The Balaban J connectivity index is 1.28. The molecule has 0 aliphatic heterocycles. The Hall–Kier alpha value is -3.10. The Labute approximate surface area is 208 Å². The largest absolute Gasteiger partial charge is 0.356 e. The summed E-state index contributed by atoms with van der Waals surface area (Å²) in [6.07, 6.45) is 2.28. The molecule has 2 aromatic carbocycles. The maximum absolute atomic E-state index is 13.3. The summed E-state index contributed by atoms with van der Waals surface area (Å²) in [5.41, 5.74) is 2.91. The zero-order valence-electron chi connectivity index (χ0n) is 19.2. The summed E-state index contributed by atoms with van der Waals surface area (Å²) in [5.74, 6) is 1.29. The van der Waals surface area contributed by atoms with Crippen LogP contribution in [0.5, 0.6) is 0 Å². The summed E-state index contributed by atoms with van der Waals surface area (Å²) in [6.45, 7) is 4.08. The summed E-state index contributed by atoms with van der Waals surface area (Å²) >= 11 is 3.15. The van der Waals surface area contributed by atoms with Gasteiger partial charge in [-0.1, -0.05) is 36.0 Å². The van der Waals surface area contributed by atoms with Crippen LogP contribution < -0.4 is 10.2 Å². The van der Waals surface area contributed by atoms with E-state index in [-0.39, 0.29) is 11.9 Å². The highest BCUT2D eigenvalue weighted by molar-refractivity contribution is 7.99. The monoisotopic (exact) mass is 489 g/mol. The van der Waals surface area contributed by atoms with Gasteiger partial charge in [0, 0.05) is 29.1 Å². The molecule has 1 aliphatic carbocycles. The molecule has 0 unspecified atom stereocenters. The fourth-order valence-electron chi connectivity index (χ4n) is 3.93. The van der Waals surface area contributed by atoms with Crippen LogP contribution in [0.15, 0.2) is 77.3 Å². The molecule has 0 bridgehead atoms. The van der Waals surface area contributed by atoms with E-state index in [1.807, 2.05) is 79.4 Å². The molecule has 0 radical (unpaired) electrons. The summed E-state index contributed by atoms with van der Waals surface area (Å²) in [4.78, 5) is 16.3. The lowest BCUT2D eigenvalue weighted by Crippen LogP contribution is -2.38. The van der Waals surface area contributed by atoms with Gasteiger partial charge < -0.3 is 10.2 Å². The minimum atomic E-state index is 0.0454. The van der Waals surface area contributed by atoms with Gasteiger partial charge in [-0.2, -0.15) is 0 Å². The predicted molar refractivity (Wildman–Crippen MR) is 141 cm³/mol. The Kier molecular flexibility index (Phi) is 6.69. The van der Waals surface area contributed by atoms with Gasteiger partial charge in [0.15, 0.2) is 11.0 Å². The van der Waals surface area contributed by atoms with Crippen LogP contribution >= 0.6 is 23.1 Å². The lowest BCUT2D eigenvalue weighted by molar-refractivity contribution is -0.116. The standard InChI is InChI=1S/C26H27N5OS2/c1-18(2)30(21-12-10-20(11-13-21)27-19-7-4-3-5-8-19)24(32)17-34-26-29-28-25(23-9-6-16-33-23)31(26)22-14-15-22/h3-13,16,18,22,27H,14-15,17H2,1-2H3. The van der Waals surface area contributed by atoms with Crippen LogP contribution in [-0.4, -0.2) is 32.5 Å². The number of aromatic nitrogens is 3. The number of thiophene rings is 1. The van der Waals surface area contributed by atoms with Crippen molar-refractivity contribution in [2.24, 2.45) is 0 Å². The first-order valence-electron chi connectivity index (χ1n) is 11.5. The minimum Gasteiger partial charge on any atom is -0.356 e. The molecule has 1 fully saturated rings. The van der Waals surface area contributed by atoms with Gasteiger partial charge in [-0.25, -0.2) is 0 Å². The number of amides is 1. The number of nitrogens with one attached hydrogen (secondary N) is 1. The number of hydrogen-bond acceptors (Lipinski definition) is 6. The molecule has 6 nitrogen and oxygen atoms in total. The number of para-hydroxylation sites is 1. The van der Waals surface area contributed by atoms with Gasteiger partial charge in [0.1, 0.15) is 0 Å². The molecule has 0 atom stereocenters. The molecule has 1 amide bonds. The average molecular weight is 490 g/mol. The van der Waals surface area contributed by atoms with Crippen LogP contribution in [0.25, 0.3) is 10.7 Å². The second-order valence-corrected chi connectivity index (χ2v) is 10.5. The zero-order chi connectivity index (χ0) is 23.5. The third kappa shape index (κ3) is 5.03. The second-order valence-electron chi connectivity index (χ2n) is 8.57. The van der Waals surface area contributed by atoms with Crippen molar-refractivity contribution in [3.63, 3.8) is 0 Å². The number of thioether (sulfide) groups is 1. The van der Waals surface area contributed by atoms with Gasteiger partial charge in [-0.05, 0) is 74.5 Å². The van der Waals surface area contributed by atoms with Crippen molar-refractivity contribution >= 4 is 46.1 Å². The molecular formula is C26H27N5OS2. The Morgan fingerprint density at radius 3 is 2.44 bits per heavy atom. The van der Waals surface area contributed by atoms with Crippen molar-refractivity contribution in [1.82, 2.24) is 14.8 Å². The minimum absolute atomic E-state index is 0.0454. The van der Waals surface area contributed by atoms with Crippen molar-refractivity contribution in [2.75, 3.05) is 16.0 Å². The number of carbonyl (C=O) groups is 1. The lowest BCUT2D eigenvalue weighted by atomic mass is 10.2. The third-order valence-electron chi connectivity index (χ3n) is 5.64. The van der Waals surface area contributed by atoms with Crippen LogP contribution in [0.2, 0.25) is 0 Å². The first-order valence-corrected chi connectivity index (χ1v) is 13.3. The highest BCUT2D eigenvalue weighted by Gasteiger charge is 2.31. The van der Waals surface area contributed by atoms with E-state index in [2.05, 4.69) is 31.5 Å². The number of nitrogens with zero attached hydrogens (tertiary/aromatic N) is 4. The zero-order valence-corrected chi connectivity index (χ0v) is 20.9. The van der Waals surface area contributed by atoms with Crippen molar-refractivity contribution in [3.05, 3.63) is 72.1 Å². The lowest BCUT2D eigenvalue weighted by Gasteiger charge is -2.27. The molecule has 1 aliphatic rings. The first kappa shape index (κ1) is 22.7. The number of benzene rings is 2. The van der Waals surface area contributed by atoms with E-state index in [0.29, 0.717) is 11.8 Å². The molecule has 1 saturated carbocycles. The Bertz CT molecular complexity index is 1230. The van der Waals surface area contributed by atoms with E-state index in [1.54, 1.807) is 11.3 Å². The van der Waals surface area contributed by atoms with E-state index in [9.17, 15) is 4.79 Å². The molecule has 8 heteroatoms. The van der Waals surface area contributed by atoms with E-state index < -0.39 is 0 Å². The van der Waals surface area contributed by atoms with Crippen LogP contribution in [0.3, 0.4) is 0 Å². The van der Waals surface area contributed by atoms with Gasteiger partial charge >= 0.3 is 0 Å². The van der Waals surface area contributed by atoms with Crippen LogP contribution in [-0.2, 0) is 4.79 Å². The van der Waals surface area contributed by atoms with Crippen molar-refractivity contribution in [2.45, 2.75) is 43.9 Å². The van der Waals surface area contributed by atoms with Crippen LogP contribution in [0.4, 0.5) is 17.1 Å². The highest BCUT2D eigenvalue weighted by atomic mass is 32.2. The van der Waals surface area contributed by atoms with Crippen molar-refractivity contribution < 1.29 is 4.79 Å². The molecule has 2 aromatic heterocycles. The smallest absolute Gasteiger partial charge is 0.237 e. The topological polar surface area (TPSA) is 63.1 Å². The molecule has 1 N–H and O–H groups in total. The van der Waals surface area contributed by atoms with Gasteiger partial charge in [0.05, 0.1) is 10.6 Å². The maximum Gasteiger partial charge on any atom is 0.237 e. The molecular weight excluding hydrogens is 462 g/mol. The highest BCUT2D eigenvalue weighted by Crippen LogP contribution is 2.41. The van der Waals surface area contributed by atoms with Crippen molar-refractivity contribution in [1.29, 1.82) is 0 Å².